The normalized spacial score (nSPS) is 13.0. The fourth-order valence-electron chi connectivity index (χ4n) is 8.28. The van der Waals surface area contributed by atoms with Crippen molar-refractivity contribution in [2.45, 2.75) is 33.1 Å². The molecule has 1 N–H and O–H groups in total. The third kappa shape index (κ3) is 4.92. The molecule has 0 fully saturated rings. The van der Waals surface area contributed by atoms with Gasteiger partial charge in [0.2, 0.25) is 0 Å². The molecule has 0 amide bonds. The highest BCUT2D eigenvalue weighted by atomic mass is 14.9. The van der Waals surface area contributed by atoms with Crippen LogP contribution in [0, 0.1) is 13.8 Å². The van der Waals surface area contributed by atoms with E-state index in [1.807, 2.05) is 0 Å². The fourth-order valence-corrected chi connectivity index (χ4v) is 8.28. The number of nitrogens with one attached hydrogen (secondary N) is 1. The van der Waals surface area contributed by atoms with Gasteiger partial charge >= 0.3 is 0 Å². The van der Waals surface area contributed by atoms with Gasteiger partial charge in [0.05, 0.1) is 0 Å². The highest BCUT2D eigenvalue weighted by Gasteiger charge is 2.36. The lowest BCUT2D eigenvalue weighted by molar-refractivity contribution is 0.661. The summed E-state index contributed by atoms with van der Waals surface area (Å²) in [6, 6.07) is 58.0. The van der Waals surface area contributed by atoms with Crippen molar-refractivity contribution in [1.29, 1.82) is 0 Å². The summed E-state index contributed by atoms with van der Waals surface area (Å²) in [7, 11) is 0. The molecular formula is C49H39N. The maximum Gasteiger partial charge on any atom is 0.0387 e. The predicted molar refractivity (Wildman–Crippen MR) is 215 cm³/mol. The quantitative estimate of drug-likeness (QED) is 0.197. The SMILES string of the molecule is Cc1cc(Nc2ccc3c(c2)C(C)(C)c2cc(-c4cccc5ccccc45)ccc2-3)ccc1-c1ccc(-c2cccc3ccccc23)cc1C. The van der Waals surface area contributed by atoms with Gasteiger partial charge in [0, 0.05) is 16.8 Å². The van der Waals surface area contributed by atoms with Crippen molar-refractivity contribution >= 4 is 32.9 Å². The first-order chi connectivity index (χ1) is 24.3. The molecule has 0 aromatic heterocycles. The molecule has 1 nitrogen and oxygen atoms in total. The van der Waals surface area contributed by atoms with Gasteiger partial charge in [0.1, 0.15) is 0 Å². The Morgan fingerprint density at radius 1 is 0.380 bits per heavy atom. The Morgan fingerprint density at radius 2 is 0.840 bits per heavy atom. The van der Waals surface area contributed by atoms with Gasteiger partial charge in [-0.05, 0) is 132 Å². The lowest BCUT2D eigenvalue weighted by Gasteiger charge is -2.23. The first-order valence-electron chi connectivity index (χ1n) is 17.6. The average Bonchev–Trinajstić information content (AvgIpc) is 3.36. The van der Waals surface area contributed by atoms with Crippen LogP contribution < -0.4 is 5.32 Å². The van der Waals surface area contributed by atoms with Crippen LogP contribution >= 0.6 is 0 Å². The first kappa shape index (κ1) is 30.2. The Kier molecular flexibility index (Phi) is 7.00. The van der Waals surface area contributed by atoms with Gasteiger partial charge in [-0.25, -0.2) is 0 Å². The van der Waals surface area contributed by atoms with E-state index in [4.69, 9.17) is 0 Å². The number of fused-ring (bicyclic) bond motifs is 5. The molecule has 0 saturated heterocycles. The van der Waals surface area contributed by atoms with E-state index >= 15 is 0 Å². The summed E-state index contributed by atoms with van der Waals surface area (Å²) < 4.78 is 0. The molecule has 0 atom stereocenters. The van der Waals surface area contributed by atoms with Crippen LogP contribution in [0.25, 0.3) is 66.1 Å². The van der Waals surface area contributed by atoms with Crippen LogP contribution in [0.2, 0.25) is 0 Å². The Hall–Kier alpha value is -5.92. The summed E-state index contributed by atoms with van der Waals surface area (Å²) in [4.78, 5) is 0. The molecule has 0 spiro atoms. The summed E-state index contributed by atoms with van der Waals surface area (Å²) in [6.07, 6.45) is 0. The van der Waals surface area contributed by atoms with Crippen molar-refractivity contribution in [3.8, 4) is 44.5 Å². The van der Waals surface area contributed by atoms with Crippen molar-refractivity contribution in [3.63, 3.8) is 0 Å². The van der Waals surface area contributed by atoms with Gasteiger partial charge in [0.15, 0.2) is 0 Å². The van der Waals surface area contributed by atoms with E-state index in [1.165, 1.54) is 88.3 Å². The van der Waals surface area contributed by atoms with E-state index in [0.29, 0.717) is 0 Å². The molecule has 0 aliphatic heterocycles. The van der Waals surface area contributed by atoms with Crippen molar-refractivity contribution in [1.82, 2.24) is 0 Å². The largest absolute Gasteiger partial charge is 0.356 e. The van der Waals surface area contributed by atoms with Crippen molar-refractivity contribution < 1.29 is 0 Å². The summed E-state index contributed by atoms with van der Waals surface area (Å²) in [6.45, 7) is 9.17. The van der Waals surface area contributed by atoms with Gasteiger partial charge in [-0.2, -0.15) is 0 Å². The van der Waals surface area contributed by atoms with Gasteiger partial charge in [-0.3, -0.25) is 0 Å². The first-order valence-corrected chi connectivity index (χ1v) is 17.6. The summed E-state index contributed by atoms with van der Waals surface area (Å²) >= 11 is 0. The van der Waals surface area contributed by atoms with Crippen molar-refractivity contribution in [3.05, 3.63) is 180 Å². The molecule has 1 aliphatic rings. The highest BCUT2D eigenvalue weighted by Crippen LogP contribution is 2.51. The van der Waals surface area contributed by atoms with E-state index in [9.17, 15) is 0 Å². The number of benzene rings is 8. The molecule has 9 rings (SSSR count). The van der Waals surface area contributed by atoms with E-state index < -0.39 is 0 Å². The maximum absolute atomic E-state index is 3.74. The Morgan fingerprint density at radius 3 is 1.44 bits per heavy atom. The fraction of sp³-hybridized carbons (Fsp3) is 0.102. The Bertz CT molecular complexity index is 2610. The highest BCUT2D eigenvalue weighted by molar-refractivity contribution is 5.98. The van der Waals surface area contributed by atoms with Crippen molar-refractivity contribution in [2.24, 2.45) is 0 Å². The third-order valence-corrected chi connectivity index (χ3v) is 10.9. The van der Waals surface area contributed by atoms with Gasteiger partial charge in [0.25, 0.3) is 0 Å². The van der Waals surface area contributed by atoms with Crippen LogP contribution in [0.5, 0.6) is 0 Å². The molecule has 8 aromatic carbocycles. The third-order valence-electron chi connectivity index (χ3n) is 10.9. The number of aryl methyl sites for hydroxylation is 2. The summed E-state index contributed by atoms with van der Waals surface area (Å²) in [5.41, 5.74) is 17.7. The Labute approximate surface area is 294 Å². The number of anilines is 2. The zero-order chi connectivity index (χ0) is 34.0. The van der Waals surface area contributed by atoms with Gasteiger partial charge < -0.3 is 5.32 Å². The zero-order valence-electron chi connectivity index (χ0n) is 29.0. The molecule has 0 heterocycles. The minimum atomic E-state index is -0.113. The molecule has 8 aromatic rings. The molecule has 240 valence electrons. The lowest BCUT2D eigenvalue weighted by Crippen LogP contribution is -2.15. The molecule has 0 radical (unpaired) electrons. The zero-order valence-corrected chi connectivity index (χ0v) is 29.0. The van der Waals surface area contributed by atoms with Crippen LogP contribution in [0.15, 0.2) is 158 Å². The molecule has 1 aliphatic carbocycles. The lowest BCUT2D eigenvalue weighted by atomic mass is 9.81. The molecule has 0 unspecified atom stereocenters. The molecule has 0 saturated carbocycles. The molecule has 1 heteroatoms. The van der Waals surface area contributed by atoms with Crippen LogP contribution in [-0.2, 0) is 5.41 Å². The second-order valence-electron chi connectivity index (χ2n) is 14.4. The maximum atomic E-state index is 3.74. The predicted octanol–water partition coefficient (Wildman–Crippen LogP) is 13.7. The second kappa shape index (κ2) is 11.6. The van der Waals surface area contributed by atoms with E-state index in [2.05, 4.69) is 191 Å². The van der Waals surface area contributed by atoms with E-state index in [0.717, 1.165) is 11.4 Å². The van der Waals surface area contributed by atoms with Crippen molar-refractivity contribution in [2.75, 3.05) is 5.32 Å². The van der Waals surface area contributed by atoms with Crippen LogP contribution in [0.3, 0.4) is 0 Å². The molecule has 50 heavy (non-hydrogen) atoms. The topological polar surface area (TPSA) is 12.0 Å². The van der Waals surface area contributed by atoms with E-state index in [-0.39, 0.29) is 5.41 Å². The molecular weight excluding hydrogens is 603 g/mol. The average molecular weight is 642 g/mol. The summed E-state index contributed by atoms with van der Waals surface area (Å²) in [5, 5.41) is 8.87. The second-order valence-corrected chi connectivity index (χ2v) is 14.4. The Balaban J connectivity index is 0.990. The number of hydrogen-bond donors (Lipinski definition) is 1. The van der Waals surface area contributed by atoms with Gasteiger partial charge in [-0.1, -0.05) is 141 Å². The number of rotatable bonds is 5. The van der Waals surface area contributed by atoms with Crippen LogP contribution in [0.4, 0.5) is 11.4 Å². The van der Waals surface area contributed by atoms with Crippen LogP contribution in [0.1, 0.15) is 36.1 Å². The minimum absolute atomic E-state index is 0.113. The monoisotopic (exact) mass is 641 g/mol. The molecule has 0 bridgehead atoms. The van der Waals surface area contributed by atoms with E-state index in [1.54, 1.807) is 0 Å². The van der Waals surface area contributed by atoms with Crippen LogP contribution in [-0.4, -0.2) is 0 Å². The standard InChI is InChI=1S/C49H39N/c1-31-27-35(43-17-9-13-33-11-5-7-15-41(33)43)19-23-39(31)40-25-21-37(28-32(40)2)50-38-22-26-46-45-24-20-36(29-47(45)49(3,4)48(46)30-38)44-18-10-14-34-12-6-8-16-42(34)44/h5-30,50H,1-4H3. The summed E-state index contributed by atoms with van der Waals surface area (Å²) in [5.74, 6) is 0. The number of hydrogen-bond acceptors (Lipinski definition) is 1. The minimum Gasteiger partial charge on any atom is -0.356 e. The smallest absolute Gasteiger partial charge is 0.0387 e. The van der Waals surface area contributed by atoms with Gasteiger partial charge in [-0.15, -0.1) is 0 Å².